The average molecular weight is 417 g/mol. The number of hydrogen-bond acceptors (Lipinski definition) is 3. The largest absolute Gasteiger partial charge is 0.492 e. The van der Waals surface area contributed by atoms with Gasteiger partial charge in [-0.2, -0.15) is 0 Å². The van der Waals surface area contributed by atoms with Crippen LogP contribution < -0.4 is 10.1 Å². The molecule has 3 nitrogen and oxygen atoms in total. The third-order valence-electron chi connectivity index (χ3n) is 3.09. The number of benzene rings is 1. The van der Waals surface area contributed by atoms with Crippen molar-refractivity contribution in [2.24, 2.45) is 0 Å². The zero-order chi connectivity index (χ0) is 15.2. The summed E-state index contributed by atoms with van der Waals surface area (Å²) in [5.74, 6) is 1.86. The highest BCUT2D eigenvalue weighted by atomic mass is 79.9. The summed E-state index contributed by atoms with van der Waals surface area (Å²) in [4.78, 5) is 0. The fraction of sp³-hybridized carbons (Fsp3) is 0.375. The molecule has 1 aromatic heterocycles. The lowest BCUT2D eigenvalue weighted by Crippen LogP contribution is -2.27. The molecule has 0 unspecified atom stereocenters. The molecule has 0 amide bonds. The first-order valence-electron chi connectivity index (χ1n) is 6.96. The Morgan fingerprint density at radius 2 is 2.00 bits per heavy atom. The van der Waals surface area contributed by atoms with E-state index in [-0.39, 0.29) is 0 Å². The predicted octanol–water partition coefficient (Wildman–Crippen LogP) is 4.92. The van der Waals surface area contributed by atoms with E-state index in [1.165, 1.54) is 5.56 Å². The quantitative estimate of drug-likeness (QED) is 0.695. The maximum absolute atomic E-state index is 5.59. The fourth-order valence-electron chi connectivity index (χ4n) is 2.09. The highest BCUT2D eigenvalue weighted by Gasteiger charge is 2.10. The number of nitrogens with one attached hydrogen (secondary N) is 1. The van der Waals surface area contributed by atoms with Crippen molar-refractivity contribution in [2.45, 2.75) is 32.9 Å². The molecular formula is C16H19Br2NO2. The maximum Gasteiger partial charge on any atom is 0.147 e. The highest BCUT2D eigenvalue weighted by molar-refractivity contribution is 9.11. The number of ether oxygens (including phenoxy) is 1. The highest BCUT2D eigenvalue weighted by Crippen LogP contribution is 2.34. The van der Waals surface area contributed by atoms with E-state index in [1.807, 2.05) is 19.1 Å². The molecule has 0 bridgehead atoms. The number of furan rings is 1. The van der Waals surface area contributed by atoms with E-state index < -0.39 is 0 Å². The minimum absolute atomic E-state index is 0.347. The van der Waals surface area contributed by atoms with Gasteiger partial charge >= 0.3 is 0 Å². The first-order valence-corrected chi connectivity index (χ1v) is 8.55. The van der Waals surface area contributed by atoms with Crippen molar-refractivity contribution in [3.8, 4) is 5.75 Å². The second-order valence-electron chi connectivity index (χ2n) is 4.89. The molecule has 21 heavy (non-hydrogen) atoms. The van der Waals surface area contributed by atoms with E-state index in [9.17, 15) is 0 Å². The molecule has 0 saturated carbocycles. The lowest BCUT2D eigenvalue weighted by molar-refractivity contribution is 0.336. The van der Waals surface area contributed by atoms with E-state index >= 15 is 0 Å². The Kier molecular flexibility index (Phi) is 6.33. The molecule has 0 fully saturated rings. The van der Waals surface area contributed by atoms with Gasteiger partial charge in [0.2, 0.25) is 0 Å². The normalized spacial score (nSPS) is 12.4. The summed E-state index contributed by atoms with van der Waals surface area (Å²) >= 11 is 7.11. The van der Waals surface area contributed by atoms with Crippen molar-refractivity contribution in [1.82, 2.24) is 5.32 Å². The van der Waals surface area contributed by atoms with Crippen molar-refractivity contribution in [1.29, 1.82) is 0 Å². The predicted molar refractivity (Wildman–Crippen MR) is 91.7 cm³/mol. The van der Waals surface area contributed by atoms with E-state index in [1.54, 1.807) is 6.26 Å². The molecule has 1 heterocycles. The van der Waals surface area contributed by atoms with Crippen LogP contribution in [0.4, 0.5) is 0 Å². The molecule has 0 spiro atoms. The molecule has 1 N–H and O–H groups in total. The summed E-state index contributed by atoms with van der Waals surface area (Å²) in [5.41, 5.74) is 1.20. The molecule has 2 aromatic rings. The van der Waals surface area contributed by atoms with Crippen LogP contribution in [0.15, 0.2) is 43.9 Å². The van der Waals surface area contributed by atoms with Crippen LogP contribution in [0.2, 0.25) is 0 Å². The standard InChI is InChI=1S/C16H19Br2NO2/c1-3-20-16-14(17)8-12(9-15(16)18)10-19-11(2)7-13-5-4-6-21-13/h4-6,8-9,11,19H,3,7,10H2,1-2H3/t11-/m1/s1. The van der Waals surface area contributed by atoms with Crippen molar-refractivity contribution in [2.75, 3.05) is 6.61 Å². The van der Waals surface area contributed by atoms with Crippen LogP contribution in [0.25, 0.3) is 0 Å². The van der Waals surface area contributed by atoms with Crippen LogP contribution in [0.5, 0.6) is 5.75 Å². The molecule has 1 atom stereocenters. The zero-order valence-electron chi connectivity index (χ0n) is 12.2. The average Bonchev–Trinajstić information content (AvgIpc) is 2.93. The van der Waals surface area contributed by atoms with Crippen molar-refractivity contribution < 1.29 is 9.15 Å². The van der Waals surface area contributed by atoms with Gasteiger partial charge in [0, 0.05) is 19.0 Å². The van der Waals surface area contributed by atoms with E-state index in [2.05, 4.69) is 56.2 Å². The third-order valence-corrected chi connectivity index (χ3v) is 4.27. The lowest BCUT2D eigenvalue weighted by Gasteiger charge is -2.14. The second kappa shape index (κ2) is 8.01. The van der Waals surface area contributed by atoms with Gasteiger partial charge in [-0.05, 0) is 75.5 Å². The SMILES string of the molecule is CCOc1c(Br)cc(CN[C@H](C)Cc2ccco2)cc1Br. The van der Waals surface area contributed by atoms with Gasteiger partial charge in [0.25, 0.3) is 0 Å². The van der Waals surface area contributed by atoms with Gasteiger partial charge in [-0.3, -0.25) is 0 Å². The summed E-state index contributed by atoms with van der Waals surface area (Å²) in [6.45, 7) is 5.58. The van der Waals surface area contributed by atoms with Gasteiger partial charge in [-0.1, -0.05) is 0 Å². The topological polar surface area (TPSA) is 34.4 Å². The molecule has 114 valence electrons. The molecular weight excluding hydrogens is 398 g/mol. The Balaban J connectivity index is 1.94. The van der Waals surface area contributed by atoms with Gasteiger partial charge in [-0.25, -0.2) is 0 Å². The van der Waals surface area contributed by atoms with E-state index in [4.69, 9.17) is 9.15 Å². The van der Waals surface area contributed by atoms with E-state index in [0.29, 0.717) is 12.6 Å². The number of hydrogen-bond donors (Lipinski definition) is 1. The summed E-state index contributed by atoms with van der Waals surface area (Å²) in [5, 5.41) is 3.50. The van der Waals surface area contributed by atoms with Crippen molar-refractivity contribution in [3.05, 3.63) is 50.8 Å². The Bertz CT molecular complexity index is 547. The zero-order valence-corrected chi connectivity index (χ0v) is 15.3. The first kappa shape index (κ1) is 16.6. The number of rotatable bonds is 7. The minimum Gasteiger partial charge on any atom is -0.492 e. The van der Waals surface area contributed by atoms with Crippen LogP contribution in [0, 0.1) is 0 Å². The molecule has 5 heteroatoms. The maximum atomic E-state index is 5.59. The Morgan fingerprint density at radius 1 is 1.29 bits per heavy atom. The van der Waals surface area contributed by atoms with E-state index in [0.717, 1.165) is 33.4 Å². The first-order chi connectivity index (χ1) is 10.1. The Labute approximate surface area is 142 Å². The number of halogens is 2. The monoisotopic (exact) mass is 415 g/mol. The second-order valence-corrected chi connectivity index (χ2v) is 6.60. The van der Waals surface area contributed by atoms with Crippen LogP contribution in [-0.2, 0) is 13.0 Å². The molecule has 0 saturated heterocycles. The summed E-state index contributed by atoms with van der Waals surface area (Å²) in [6, 6.07) is 8.44. The Morgan fingerprint density at radius 3 is 2.57 bits per heavy atom. The van der Waals surface area contributed by atoms with Crippen LogP contribution in [0.3, 0.4) is 0 Å². The molecule has 0 aliphatic rings. The summed E-state index contributed by atoms with van der Waals surface area (Å²) < 4.78 is 12.9. The molecule has 0 radical (unpaired) electrons. The minimum atomic E-state index is 0.347. The van der Waals surface area contributed by atoms with Gasteiger partial charge in [0.1, 0.15) is 11.5 Å². The third kappa shape index (κ3) is 4.87. The van der Waals surface area contributed by atoms with Gasteiger partial charge in [0.05, 0.1) is 21.8 Å². The summed E-state index contributed by atoms with van der Waals surface area (Å²) in [7, 11) is 0. The smallest absolute Gasteiger partial charge is 0.147 e. The van der Waals surface area contributed by atoms with Crippen molar-refractivity contribution >= 4 is 31.9 Å². The molecule has 2 rings (SSSR count). The molecule has 0 aliphatic carbocycles. The van der Waals surface area contributed by atoms with Gasteiger partial charge in [-0.15, -0.1) is 0 Å². The van der Waals surface area contributed by atoms with Crippen molar-refractivity contribution in [3.63, 3.8) is 0 Å². The lowest BCUT2D eigenvalue weighted by atomic mass is 10.1. The molecule has 1 aromatic carbocycles. The molecule has 0 aliphatic heterocycles. The van der Waals surface area contributed by atoms with Crippen LogP contribution in [0.1, 0.15) is 25.2 Å². The Hall–Kier alpha value is -0.780. The van der Waals surface area contributed by atoms with Gasteiger partial charge < -0.3 is 14.5 Å². The van der Waals surface area contributed by atoms with Crippen LogP contribution in [-0.4, -0.2) is 12.6 Å². The summed E-state index contributed by atoms with van der Waals surface area (Å²) in [6.07, 6.45) is 2.59. The van der Waals surface area contributed by atoms with Gasteiger partial charge in [0.15, 0.2) is 0 Å². The van der Waals surface area contributed by atoms with Crippen LogP contribution >= 0.6 is 31.9 Å². The fourth-order valence-corrected chi connectivity index (χ4v) is 3.60.